The summed E-state index contributed by atoms with van der Waals surface area (Å²) in [7, 11) is 0. The van der Waals surface area contributed by atoms with Crippen molar-refractivity contribution in [1.29, 1.82) is 0 Å². The van der Waals surface area contributed by atoms with Crippen LogP contribution in [0.5, 0.6) is 0 Å². The Labute approximate surface area is 68.1 Å². The summed E-state index contributed by atoms with van der Waals surface area (Å²) in [5.74, 6) is 0. The highest BCUT2D eigenvalue weighted by Gasteiger charge is 2.18. The molecule has 0 bridgehead atoms. The van der Waals surface area contributed by atoms with Gasteiger partial charge in [0.1, 0.15) is 0 Å². The predicted molar refractivity (Wildman–Crippen MR) is 46.3 cm³/mol. The Hall–Kier alpha value is -0.340. The molecule has 11 heavy (non-hydrogen) atoms. The van der Waals surface area contributed by atoms with E-state index in [0.29, 0.717) is 6.04 Å². The molecule has 1 heterocycles. The molecule has 1 aliphatic carbocycles. The van der Waals surface area contributed by atoms with E-state index < -0.39 is 0 Å². The number of fused-ring (bicyclic) bond motifs is 1. The quantitative estimate of drug-likeness (QED) is 0.506. The maximum atomic E-state index is 3.50. The summed E-state index contributed by atoms with van der Waals surface area (Å²) < 4.78 is 0. The molecule has 0 saturated carbocycles. The molecule has 0 aromatic rings. The Balaban J connectivity index is 2.07. The molecule has 0 aromatic carbocycles. The highest BCUT2D eigenvalue weighted by atomic mass is 15.1. The molecule has 62 valence electrons. The first kappa shape index (κ1) is 7.32. The van der Waals surface area contributed by atoms with Crippen molar-refractivity contribution in [3.05, 3.63) is 11.6 Å². The van der Waals surface area contributed by atoms with E-state index >= 15 is 0 Å². The minimum atomic E-state index is 0.693. The molecule has 2 nitrogen and oxygen atoms in total. The van der Waals surface area contributed by atoms with Crippen molar-refractivity contribution in [3.8, 4) is 0 Å². The molecule has 2 N–H and O–H groups in total. The average Bonchev–Trinajstić information content (AvgIpc) is 2.28. The van der Waals surface area contributed by atoms with Crippen LogP contribution in [0.1, 0.15) is 25.7 Å². The second-order valence-electron chi connectivity index (χ2n) is 3.39. The molecule has 1 aliphatic heterocycles. The van der Waals surface area contributed by atoms with Gasteiger partial charge in [0.25, 0.3) is 0 Å². The van der Waals surface area contributed by atoms with Gasteiger partial charge in [-0.25, -0.2) is 0 Å². The lowest BCUT2D eigenvalue weighted by Gasteiger charge is -2.22. The number of hydrogen-bond donors (Lipinski definition) is 2. The maximum Gasteiger partial charge on any atom is 0.0459 e. The minimum Gasteiger partial charge on any atom is -0.304 e. The number of hydrogen-bond acceptors (Lipinski definition) is 2. The topological polar surface area (TPSA) is 24.1 Å². The van der Waals surface area contributed by atoms with E-state index in [-0.39, 0.29) is 0 Å². The van der Waals surface area contributed by atoms with Gasteiger partial charge in [-0.1, -0.05) is 11.6 Å². The molecule has 2 rings (SSSR count). The molecule has 0 amide bonds. The van der Waals surface area contributed by atoms with Gasteiger partial charge >= 0.3 is 0 Å². The molecule has 1 saturated heterocycles. The van der Waals surface area contributed by atoms with Crippen molar-refractivity contribution < 1.29 is 0 Å². The highest BCUT2D eigenvalue weighted by Crippen LogP contribution is 2.21. The first-order valence-electron chi connectivity index (χ1n) is 4.60. The fourth-order valence-electron chi connectivity index (χ4n) is 1.96. The summed E-state index contributed by atoms with van der Waals surface area (Å²) in [4.78, 5) is 0. The van der Waals surface area contributed by atoms with Gasteiger partial charge < -0.3 is 5.32 Å². The smallest absolute Gasteiger partial charge is 0.0459 e. The Morgan fingerprint density at radius 1 is 1.45 bits per heavy atom. The molecular formula is C9H16N2. The lowest BCUT2D eigenvalue weighted by atomic mass is 9.92. The molecular weight excluding hydrogens is 136 g/mol. The first-order valence-corrected chi connectivity index (χ1v) is 4.60. The van der Waals surface area contributed by atoms with Crippen LogP contribution in [0.2, 0.25) is 0 Å². The molecule has 1 unspecified atom stereocenters. The van der Waals surface area contributed by atoms with E-state index in [1.165, 1.54) is 25.7 Å². The molecule has 0 spiro atoms. The summed E-state index contributed by atoms with van der Waals surface area (Å²) >= 11 is 0. The summed E-state index contributed by atoms with van der Waals surface area (Å²) in [6, 6.07) is 0.693. The largest absolute Gasteiger partial charge is 0.304 e. The summed E-state index contributed by atoms with van der Waals surface area (Å²) in [6.45, 7) is 2.14. The first-order chi connectivity index (χ1) is 5.47. The van der Waals surface area contributed by atoms with Crippen molar-refractivity contribution >= 4 is 0 Å². The predicted octanol–water partition coefficient (Wildman–Crippen LogP) is 1.01. The van der Waals surface area contributed by atoms with Crippen LogP contribution in [0.3, 0.4) is 0 Å². The van der Waals surface area contributed by atoms with E-state index in [1.807, 2.05) is 0 Å². The van der Waals surface area contributed by atoms with Gasteiger partial charge in [0, 0.05) is 19.3 Å². The fourth-order valence-corrected chi connectivity index (χ4v) is 1.96. The van der Waals surface area contributed by atoms with E-state index in [9.17, 15) is 0 Å². The lowest BCUT2D eigenvalue weighted by Crippen LogP contribution is -2.35. The second kappa shape index (κ2) is 3.37. The van der Waals surface area contributed by atoms with Crippen LogP contribution in [0, 0.1) is 0 Å². The van der Waals surface area contributed by atoms with Crippen molar-refractivity contribution in [2.75, 3.05) is 13.2 Å². The van der Waals surface area contributed by atoms with Crippen LogP contribution in [0.4, 0.5) is 0 Å². The summed E-state index contributed by atoms with van der Waals surface area (Å²) in [5.41, 5.74) is 1.64. The molecule has 1 fully saturated rings. The monoisotopic (exact) mass is 152 g/mol. The third-order valence-corrected chi connectivity index (χ3v) is 2.61. The summed E-state index contributed by atoms with van der Waals surface area (Å²) in [5, 5.41) is 6.86. The van der Waals surface area contributed by atoms with Crippen LogP contribution >= 0.6 is 0 Å². The van der Waals surface area contributed by atoms with E-state index in [4.69, 9.17) is 0 Å². The zero-order chi connectivity index (χ0) is 7.52. The minimum absolute atomic E-state index is 0.693. The molecule has 0 aromatic heterocycles. The maximum absolute atomic E-state index is 3.50. The SMILES string of the molecule is C1=C2CCNCNC2CCC1. The van der Waals surface area contributed by atoms with Crippen LogP contribution < -0.4 is 10.6 Å². The van der Waals surface area contributed by atoms with Crippen molar-refractivity contribution in [3.63, 3.8) is 0 Å². The molecule has 2 aliphatic rings. The second-order valence-corrected chi connectivity index (χ2v) is 3.39. The van der Waals surface area contributed by atoms with Crippen LogP contribution in [0.15, 0.2) is 11.6 Å². The van der Waals surface area contributed by atoms with Crippen molar-refractivity contribution in [1.82, 2.24) is 10.6 Å². The molecule has 0 radical (unpaired) electrons. The third kappa shape index (κ3) is 1.63. The third-order valence-electron chi connectivity index (χ3n) is 2.61. The zero-order valence-electron chi connectivity index (χ0n) is 6.90. The normalized spacial score (nSPS) is 32.0. The Morgan fingerprint density at radius 2 is 2.45 bits per heavy atom. The van der Waals surface area contributed by atoms with Gasteiger partial charge in [-0.05, 0) is 25.7 Å². The van der Waals surface area contributed by atoms with Crippen LogP contribution in [-0.2, 0) is 0 Å². The molecule has 1 atom stereocenters. The highest BCUT2D eigenvalue weighted by molar-refractivity contribution is 5.15. The Morgan fingerprint density at radius 3 is 3.45 bits per heavy atom. The van der Waals surface area contributed by atoms with Gasteiger partial charge in [-0.3, -0.25) is 5.32 Å². The zero-order valence-corrected chi connectivity index (χ0v) is 6.90. The van der Waals surface area contributed by atoms with Gasteiger partial charge in [-0.2, -0.15) is 0 Å². The van der Waals surface area contributed by atoms with Crippen molar-refractivity contribution in [2.24, 2.45) is 0 Å². The lowest BCUT2D eigenvalue weighted by molar-refractivity contribution is 0.501. The van der Waals surface area contributed by atoms with E-state index in [1.54, 1.807) is 5.57 Å². The number of rotatable bonds is 0. The fraction of sp³-hybridized carbons (Fsp3) is 0.778. The van der Waals surface area contributed by atoms with E-state index in [2.05, 4.69) is 16.7 Å². The van der Waals surface area contributed by atoms with Gasteiger partial charge in [0.05, 0.1) is 0 Å². The van der Waals surface area contributed by atoms with Gasteiger partial charge in [-0.15, -0.1) is 0 Å². The number of allylic oxidation sites excluding steroid dienone is 1. The van der Waals surface area contributed by atoms with E-state index in [0.717, 1.165) is 13.2 Å². The average molecular weight is 152 g/mol. The van der Waals surface area contributed by atoms with Crippen LogP contribution in [0.25, 0.3) is 0 Å². The molecule has 2 heteroatoms. The standard InChI is InChI=1S/C9H16N2/c1-2-4-9-8(3-1)5-6-10-7-11-9/h3,9-11H,1-2,4-7H2. The Bertz CT molecular complexity index is 163. The Kier molecular flexibility index (Phi) is 2.24. The van der Waals surface area contributed by atoms with Gasteiger partial charge in [0.15, 0.2) is 0 Å². The number of nitrogens with one attached hydrogen (secondary N) is 2. The summed E-state index contributed by atoms with van der Waals surface area (Å²) in [6.07, 6.45) is 7.67. The van der Waals surface area contributed by atoms with Crippen LogP contribution in [-0.4, -0.2) is 19.3 Å². The van der Waals surface area contributed by atoms with Gasteiger partial charge in [0.2, 0.25) is 0 Å². The van der Waals surface area contributed by atoms with Crippen molar-refractivity contribution in [2.45, 2.75) is 31.7 Å².